The smallest absolute Gasteiger partial charge is 0.339 e. The zero-order chi connectivity index (χ0) is 24.8. The molecule has 1 heterocycles. The molecule has 5 nitrogen and oxygen atoms in total. The normalized spacial score (nSPS) is 11.4. The Bertz CT molecular complexity index is 1250. The fourth-order valence-corrected chi connectivity index (χ4v) is 3.61. The maximum atomic E-state index is 13.2. The van der Waals surface area contributed by atoms with Gasteiger partial charge in [0.25, 0.3) is 5.91 Å². The van der Waals surface area contributed by atoms with Gasteiger partial charge in [-0.2, -0.15) is 18.2 Å². The molecule has 8 heteroatoms. The zero-order valence-electron chi connectivity index (χ0n) is 19.1. The van der Waals surface area contributed by atoms with Crippen LogP contribution in [0.2, 0.25) is 0 Å². The monoisotopic (exact) mass is 479 g/mol. The molecule has 0 spiro atoms. The molecule has 0 bridgehead atoms. The summed E-state index contributed by atoms with van der Waals surface area (Å²) in [6, 6.07) is 21.7. The lowest BCUT2D eigenvalue weighted by atomic mass is 10.1. The van der Waals surface area contributed by atoms with Gasteiger partial charge in [-0.25, -0.2) is 0 Å². The molecule has 0 aliphatic carbocycles. The van der Waals surface area contributed by atoms with E-state index in [2.05, 4.69) is 10.1 Å². The van der Waals surface area contributed by atoms with Crippen molar-refractivity contribution in [3.8, 4) is 11.4 Å². The summed E-state index contributed by atoms with van der Waals surface area (Å²) >= 11 is 0. The molecule has 0 atom stereocenters. The molecule has 0 radical (unpaired) electrons. The standard InChI is InChI=1S/C27H24F3N3O2/c1-19-7-9-21(10-8-19)25-31-24(35-32-25)16-18-33(17-15-20-5-3-2-4-6-20)26(34)22-11-13-23(14-12-22)27(28,29)30/h2-14H,15-18H2,1H3. The average Bonchev–Trinajstić information content (AvgIpc) is 3.33. The van der Waals surface area contributed by atoms with E-state index in [1.165, 1.54) is 12.1 Å². The zero-order valence-corrected chi connectivity index (χ0v) is 19.1. The second kappa shape index (κ2) is 10.5. The predicted octanol–water partition coefficient (Wildman–Crippen LogP) is 5.99. The van der Waals surface area contributed by atoms with Crippen molar-refractivity contribution >= 4 is 5.91 Å². The van der Waals surface area contributed by atoms with Crippen LogP contribution in [0.4, 0.5) is 13.2 Å². The van der Waals surface area contributed by atoms with Gasteiger partial charge in [0.1, 0.15) is 0 Å². The first kappa shape index (κ1) is 24.2. The van der Waals surface area contributed by atoms with E-state index in [4.69, 9.17) is 4.52 Å². The number of hydrogen-bond acceptors (Lipinski definition) is 4. The Balaban J connectivity index is 1.48. The van der Waals surface area contributed by atoms with Crippen LogP contribution >= 0.6 is 0 Å². The highest BCUT2D eigenvalue weighted by molar-refractivity contribution is 5.94. The van der Waals surface area contributed by atoms with Crippen LogP contribution in [0.15, 0.2) is 83.4 Å². The quantitative estimate of drug-likeness (QED) is 0.311. The first-order chi connectivity index (χ1) is 16.8. The predicted molar refractivity (Wildman–Crippen MR) is 126 cm³/mol. The number of aryl methyl sites for hydroxylation is 1. The SMILES string of the molecule is Cc1ccc(-c2noc(CCN(CCc3ccccc3)C(=O)c3ccc(C(F)(F)F)cc3)n2)cc1. The second-order valence-electron chi connectivity index (χ2n) is 8.23. The highest BCUT2D eigenvalue weighted by atomic mass is 19.4. The molecule has 4 rings (SSSR count). The van der Waals surface area contributed by atoms with Crippen LogP contribution in [0.5, 0.6) is 0 Å². The van der Waals surface area contributed by atoms with Gasteiger partial charge in [0, 0.05) is 30.6 Å². The molecule has 1 aromatic heterocycles. The highest BCUT2D eigenvalue weighted by Crippen LogP contribution is 2.29. The van der Waals surface area contributed by atoms with Gasteiger partial charge in [0.15, 0.2) is 0 Å². The molecule has 180 valence electrons. The van der Waals surface area contributed by atoms with Gasteiger partial charge in [0.2, 0.25) is 11.7 Å². The Hall–Kier alpha value is -3.94. The van der Waals surface area contributed by atoms with Crippen molar-refractivity contribution in [2.24, 2.45) is 0 Å². The number of amides is 1. The van der Waals surface area contributed by atoms with Crippen molar-refractivity contribution < 1.29 is 22.5 Å². The van der Waals surface area contributed by atoms with E-state index in [0.717, 1.165) is 28.8 Å². The Kier molecular flexibility index (Phi) is 7.29. The fourth-order valence-electron chi connectivity index (χ4n) is 3.61. The topological polar surface area (TPSA) is 59.2 Å². The van der Waals surface area contributed by atoms with E-state index >= 15 is 0 Å². The molecule has 0 aliphatic rings. The van der Waals surface area contributed by atoms with Crippen LogP contribution in [-0.2, 0) is 19.0 Å². The second-order valence-corrected chi connectivity index (χ2v) is 8.23. The van der Waals surface area contributed by atoms with Crippen molar-refractivity contribution in [1.29, 1.82) is 0 Å². The minimum absolute atomic E-state index is 0.192. The third-order valence-electron chi connectivity index (χ3n) is 5.63. The summed E-state index contributed by atoms with van der Waals surface area (Å²) in [6.07, 6.45) is -3.53. The first-order valence-corrected chi connectivity index (χ1v) is 11.2. The van der Waals surface area contributed by atoms with E-state index in [9.17, 15) is 18.0 Å². The van der Waals surface area contributed by atoms with E-state index in [1.807, 2.05) is 61.5 Å². The van der Waals surface area contributed by atoms with Gasteiger partial charge >= 0.3 is 6.18 Å². The van der Waals surface area contributed by atoms with Crippen LogP contribution < -0.4 is 0 Å². The molecule has 35 heavy (non-hydrogen) atoms. The number of carbonyl (C=O) groups is 1. The van der Waals surface area contributed by atoms with Crippen LogP contribution in [0.1, 0.15) is 32.9 Å². The Morgan fingerprint density at radius 1 is 0.886 bits per heavy atom. The summed E-state index contributed by atoms with van der Waals surface area (Å²) in [7, 11) is 0. The van der Waals surface area contributed by atoms with Gasteiger partial charge < -0.3 is 9.42 Å². The van der Waals surface area contributed by atoms with Crippen molar-refractivity contribution in [1.82, 2.24) is 15.0 Å². The van der Waals surface area contributed by atoms with Crippen LogP contribution in [0.25, 0.3) is 11.4 Å². The Morgan fingerprint density at radius 2 is 1.54 bits per heavy atom. The molecule has 0 saturated heterocycles. The van der Waals surface area contributed by atoms with E-state index in [1.54, 1.807) is 4.90 Å². The fraction of sp³-hybridized carbons (Fsp3) is 0.222. The van der Waals surface area contributed by atoms with E-state index in [-0.39, 0.29) is 18.0 Å². The van der Waals surface area contributed by atoms with Crippen LogP contribution in [-0.4, -0.2) is 34.0 Å². The lowest BCUT2D eigenvalue weighted by molar-refractivity contribution is -0.137. The number of alkyl halides is 3. The van der Waals surface area contributed by atoms with Crippen LogP contribution in [0, 0.1) is 6.92 Å². The molecule has 4 aromatic rings. The summed E-state index contributed by atoms with van der Waals surface area (Å²) in [5, 5.41) is 4.03. The summed E-state index contributed by atoms with van der Waals surface area (Å²) in [4.78, 5) is 19.2. The summed E-state index contributed by atoms with van der Waals surface area (Å²) in [5.41, 5.74) is 2.40. The Morgan fingerprint density at radius 3 is 2.20 bits per heavy atom. The molecular formula is C27H24F3N3O2. The molecule has 0 fully saturated rings. The summed E-state index contributed by atoms with van der Waals surface area (Å²) in [5.74, 6) is 0.489. The van der Waals surface area contributed by atoms with Crippen LogP contribution in [0.3, 0.4) is 0 Å². The summed E-state index contributed by atoms with van der Waals surface area (Å²) in [6.45, 7) is 2.66. The molecule has 0 aliphatic heterocycles. The van der Waals surface area contributed by atoms with Crippen molar-refractivity contribution in [3.05, 3.63) is 107 Å². The Labute approximate surface area is 201 Å². The molecular weight excluding hydrogens is 455 g/mol. The van der Waals surface area contributed by atoms with Crippen molar-refractivity contribution in [2.45, 2.75) is 25.9 Å². The minimum atomic E-state index is -4.46. The lowest BCUT2D eigenvalue weighted by Gasteiger charge is -2.22. The van der Waals surface area contributed by atoms with Gasteiger partial charge in [-0.1, -0.05) is 65.3 Å². The molecule has 0 saturated carbocycles. The average molecular weight is 480 g/mol. The highest BCUT2D eigenvalue weighted by Gasteiger charge is 2.30. The van der Waals surface area contributed by atoms with Crippen molar-refractivity contribution in [2.75, 3.05) is 13.1 Å². The third kappa shape index (κ3) is 6.35. The molecule has 1 amide bonds. The van der Waals surface area contributed by atoms with E-state index in [0.29, 0.717) is 31.1 Å². The largest absolute Gasteiger partial charge is 0.416 e. The maximum absolute atomic E-state index is 13.2. The van der Waals surface area contributed by atoms with Crippen molar-refractivity contribution in [3.63, 3.8) is 0 Å². The molecule has 0 unspecified atom stereocenters. The minimum Gasteiger partial charge on any atom is -0.339 e. The molecule has 0 N–H and O–H groups in total. The number of hydrogen-bond donors (Lipinski definition) is 0. The van der Waals surface area contributed by atoms with Gasteiger partial charge in [0.05, 0.1) is 5.56 Å². The number of aromatic nitrogens is 2. The number of nitrogens with zero attached hydrogens (tertiary/aromatic N) is 3. The first-order valence-electron chi connectivity index (χ1n) is 11.2. The third-order valence-corrected chi connectivity index (χ3v) is 5.63. The van der Waals surface area contributed by atoms with Gasteiger partial charge in [-0.3, -0.25) is 4.79 Å². The number of benzene rings is 3. The van der Waals surface area contributed by atoms with Gasteiger partial charge in [-0.05, 0) is 43.2 Å². The van der Waals surface area contributed by atoms with E-state index < -0.39 is 11.7 Å². The molecule has 3 aromatic carbocycles. The number of halogens is 3. The summed E-state index contributed by atoms with van der Waals surface area (Å²) < 4.78 is 44.1. The number of rotatable bonds is 8. The maximum Gasteiger partial charge on any atom is 0.416 e. The number of carbonyl (C=O) groups excluding carboxylic acids is 1. The lowest BCUT2D eigenvalue weighted by Crippen LogP contribution is -2.35. The van der Waals surface area contributed by atoms with Gasteiger partial charge in [-0.15, -0.1) is 0 Å².